The third kappa shape index (κ3) is 2.41. The summed E-state index contributed by atoms with van der Waals surface area (Å²) in [6.45, 7) is 3.56. The number of aldehydes is 1. The summed E-state index contributed by atoms with van der Waals surface area (Å²) in [4.78, 5) is 25.5. The van der Waals surface area contributed by atoms with Crippen LogP contribution in [-0.4, -0.2) is 12.1 Å². The third-order valence-electron chi connectivity index (χ3n) is 3.39. The van der Waals surface area contributed by atoms with Crippen LogP contribution in [0.2, 0.25) is 0 Å². The first-order valence-corrected chi connectivity index (χ1v) is 6.82. The zero-order valence-electron chi connectivity index (χ0n) is 10.6. The Kier molecular flexibility index (Phi) is 3.71. The number of Topliss-reactive ketones (excluding diaryl/α,β-unsaturated/α-hetero) is 1. The van der Waals surface area contributed by atoms with Gasteiger partial charge in [0, 0.05) is 10.5 Å². The molecular weight excluding hydrogens is 244 g/mol. The van der Waals surface area contributed by atoms with Gasteiger partial charge < -0.3 is 4.79 Å². The van der Waals surface area contributed by atoms with E-state index in [0.29, 0.717) is 6.42 Å². The van der Waals surface area contributed by atoms with Crippen LogP contribution in [-0.2, 0) is 9.59 Å². The van der Waals surface area contributed by atoms with Crippen molar-refractivity contribution in [3.8, 4) is 0 Å². The van der Waals surface area contributed by atoms with Crippen LogP contribution in [0.4, 0.5) is 0 Å². The molecule has 0 radical (unpaired) electrons. The largest absolute Gasteiger partial charge is 0.302 e. The molecule has 0 saturated carbocycles. The van der Waals surface area contributed by atoms with Gasteiger partial charge in [0.25, 0.3) is 0 Å². The molecule has 0 heterocycles. The number of hydrogen-bond acceptors (Lipinski definition) is 3. The first-order chi connectivity index (χ1) is 8.57. The molecule has 3 heteroatoms. The molecule has 0 N–H and O–H groups in total. The summed E-state index contributed by atoms with van der Waals surface area (Å²) in [5.41, 5.74) is -0.0742. The lowest BCUT2D eigenvalue weighted by atomic mass is 9.76. The second-order valence-electron chi connectivity index (χ2n) is 4.83. The van der Waals surface area contributed by atoms with Gasteiger partial charge >= 0.3 is 0 Å². The summed E-state index contributed by atoms with van der Waals surface area (Å²) in [7, 11) is 0. The maximum atomic E-state index is 12.2. The maximum absolute atomic E-state index is 12.2. The molecular formula is C15H16O2S. The highest BCUT2D eigenvalue weighted by Crippen LogP contribution is 2.41. The van der Waals surface area contributed by atoms with Crippen LogP contribution < -0.4 is 0 Å². The predicted molar refractivity (Wildman–Crippen MR) is 73.4 cm³/mol. The van der Waals surface area contributed by atoms with Crippen molar-refractivity contribution in [1.29, 1.82) is 0 Å². The summed E-state index contributed by atoms with van der Waals surface area (Å²) >= 11 is 1.63. The van der Waals surface area contributed by atoms with Crippen LogP contribution in [0.1, 0.15) is 26.7 Å². The number of thioether (sulfide) groups is 1. The fourth-order valence-electron chi connectivity index (χ4n) is 2.10. The molecule has 0 amide bonds. The topological polar surface area (TPSA) is 34.1 Å². The van der Waals surface area contributed by atoms with Gasteiger partial charge in [-0.1, -0.05) is 30.0 Å². The van der Waals surface area contributed by atoms with Crippen molar-refractivity contribution >= 4 is 23.8 Å². The van der Waals surface area contributed by atoms with E-state index >= 15 is 0 Å². The fraction of sp³-hybridized carbons (Fsp3) is 0.333. The molecule has 1 aliphatic carbocycles. The van der Waals surface area contributed by atoms with Gasteiger partial charge in [-0.2, -0.15) is 0 Å². The molecule has 1 aliphatic rings. The Bertz CT molecular complexity index is 504. The Morgan fingerprint density at radius 1 is 1.28 bits per heavy atom. The number of ketones is 1. The van der Waals surface area contributed by atoms with Crippen molar-refractivity contribution in [3.63, 3.8) is 0 Å². The molecule has 0 aliphatic heterocycles. The van der Waals surface area contributed by atoms with E-state index in [1.54, 1.807) is 18.7 Å². The zero-order valence-corrected chi connectivity index (χ0v) is 11.4. The van der Waals surface area contributed by atoms with Crippen LogP contribution in [0.5, 0.6) is 0 Å². The molecule has 0 spiro atoms. The Hall–Kier alpha value is -1.35. The minimum absolute atomic E-state index is 0.0258. The summed E-state index contributed by atoms with van der Waals surface area (Å²) in [5, 5.41) is 0. The van der Waals surface area contributed by atoms with Gasteiger partial charge in [0.05, 0.1) is 5.41 Å². The number of rotatable bonds is 3. The Morgan fingerprint density at radius 2 is 1.94 bits per heavy atom. The van der Waals surface area contributed by atoms with Crippen LogP contribution in [0, 0.1) is 5.41 Å². The normalized spacial score (nSPS) is 24.2. The summed E-state index contributed by atoms with van der Waals surface area (Å²) in [6.07, 6.45) is 2.21. The molecule has 1 atom stereocenters. The minimum atomic E-state index is -0.815. The van der Waals surface area contributed by atoms with Crippen LogP contribution in [0.15, 0.2) is 45.7 Å². The van der Waals surface area contributed by atoms with Gasteiger partial charge in [-0.3, -0.25) is 4.79 Å². The number of hydrogen-bond donors (Lipinski definition) is 0. The van der Waals surface area contributed by atoms with E-state index in [4.69, 9.17) is 0 Å². The van der Waals surface area contributed by atoms with Crippen LogP contribution in [0.25, 0.3) is 0 Å². The third-order valence-corrected chi connectivity index (χ3v) is 4.66. The molecule has 2 nitrogen and oxygen atoms in total. The van der Waals surface area contributed by atoms with Crippen molar-refractivity contribution in [1.82, 2.24) is 0 Å². The molecule has 18 heavy (non-hydrogen) atoms. The van der Waals surface area contributed by atoms with Gasteiger partial charge in [-0.25, -0.2) is 0 Å². The van der Waals surface area contributed by atoms with Gasteiger partial charge in [0.2, 0.25) is 0 Å². The second-order valence-corrected chi connectivity index (χ2v) is 6.00. The number of benzene rings is 1. The standard InChI is InChI=1S/C15H16O2S/c1-11-13(18-12-6-4-3-5-7-12)8-9-15(2,10-16)14(11)17/h3-7,10H,8-9H2,1-2H3/t15-/m1/s1. The number of carbonyl (C=O) groups is 2. The van der Waals surface area contributed by atoms with E-state index < -0.39 is 5.41 Å². The van der Waals surface area contributed by atoms with E-state index in [0.717, 1.165) is 28.1 Å². The lowest BCUT2D eigenvalue weighted by Gasteiger charge is -2.28. The lowest BCUT2D eigenvalue weighted by molar-refractivity contribution is -0.131. The predicted octanol–water partition coefficient (Wildman–Crippen LogP) is 3.62. The first-order valence-electron chi connectivity index (χ1n) is 6.00. The average molecular weight is 260 g/mol. The molecule has 0 unspecified atom stereocenters. The SMILES string of the molecule is CC1=C(Sc2ccccc2)CC[C@](C)(C=O)C1=O. The average Bonchev–Trinajstić information content (AvgIpc) is 2.41. The van der Waals surface area contributed by atoms with E-state index in [9.17, 15) is 9.59 Å². The zero-order chi connectivity index (χ0) is 13.2. The van der Waals surface area contributed by atoms with E-state index in [-0.39, 0.29) is 5.78 Å². The Balaban J connectivity index is 2.25. The van der Waals surface area contributed by atoms with Crippen LogP contribution >= 0.6 is 11.8 Å². The summed E-state index contributed by atoms with van der Waals surface area (Å²) in [5.74, 6) is -0.0258. The highest BCUT2D eigenvalue weighted by Gasteiger charge is 2.38. The van der Waals surface area contributed by atoms with Crippen LogP contribution in [0.3, 0.4) is 0 Å². The van der Waals surface area contributed by atoms with Gasteiger partial charge in [-0.15, -0.1) is 0 Å². The molecule has 1 aromatic carbocycles. The molecule has 0 saturated heterocycles. The van der Waals surface area contributed by atoms with Crippen molar-refractivity contribution < 1.29 is 9.59 Å². The highest BCUT2D eigenvalue weighted by molar-refractivity contribution is 8.03. The van der Waals surface area contributed by atoms with E-state index in [1.165, 1.54) is 0 Å². The molecule has 94 valence electrons. The number of allylic oxidation sites excluding steroid dienone is 2. The first kappa shape index (κ1) is 13.1. The van der Waals surface area contributed by atoms with Gasteiger partial charge in [-0.05, 0) is 43.7 Å². The van der Waals surface area contributed by atoms with E-state index in [1.807, 2.05) is 37.3 Å². The van der Waals surface area contributed by atoms with Gasteiger partial charge in [0.1, 0.15) is 6.29 Å². The van der Waals surface area contributed by atoms with E-state index in [2.05, 4.69) is 0 Å². The molecule has 0 bridgehead atoms. The van der Waals surface area contributed by atoms with Gasteiger partial charge in [0.15, 0.2) is 5.78 Å². The second kappa shape index (κ2) is 5.11. The smallest absolute Gasteiger partial charge is 0.172 e. The van der Waals surface area contributed by atoms with Crippen molar-refractivity contribution in [2.24, 2.45) is 5.41 Å². The molecule has 2 rings (SSSR count). The maximum Gasteiger partial charge on any atom is 0.172 e. The molecule has 0 fully saturated rings. The Morgan fingerprint density at radius 3 is 2.56 bits per heavy atom. The fourth-order valence-corrected chi connectivity index (χ4v) is 3.13. The lowest BCUT2D eigenvalue weighted by Crippen LogP contribution is -2.33. The highest BCUT2D eigenvalue weighted by atomic mass is 32.2. The van der Waals surface area contributed by atoms with Crippen molar-refractivity contribution in [3.05, 3.63) is 40.8 Å². The summed E-state index contributed by atoms with van der Waals surface area (Å²) < 4.78 is 0. The van der Waals surface area contributed by atoms with Crippen molar-refractivity contribution in [2.45, 2.75) is 31.6 Å². The summed E-state index contributed by atoms with van der Waals surface area (Å²) in [6, 6.07) is 10.0. The molecule has 1 aromatic rings. The Labute approximate surface area is 111 Å². The number of carbonyl (C=O) groups excluding carboxylic acids is 2. The quantitative estimate of drug-likeness (QED) is 0.615. The van der Waals surface area contributed by atoms with Crippen molar-refractivity contribution in [2.75, 3.05) is 0 Å². The minimum Gasteiger partial charge on any atom is -0.302 e. The monoisotopic (exact) mass is 260 g/mol. The molecule has 0 aromatic heterocycles.